The Kier molecular flexibility index (Phi) is 5.21. The lowest BCUT2D eigenvalue weighted by atomic mass is 10.0. The summed E-state index contributed by atoms with van der Waals surface area (Å²) >= 11 is 12.4. The van der Waals surface area contributed by atoms with Crippen LogP contribution in [0.5, 0.6) is 5.75 Å². The molecular formula is C15H12Cl2F2O. The molecule has 2 rings (SSSR count). The van der Waals surface area contributed by atoms with Gasteiger partial charge in [0, 0.05) is 5.02 Å². The third kappa shape index (κ3) is 4.09. The van der Waals surface area contributed by atoms with Crippen LogP contribution in [0.2, 0.25) is 5.02 Å². The van der Waals surface area contributed by atoms with Crippen LogP contribution in [-0.2, 0) is 6.42 Å². The highest BCUT2D eigenvalue weighted by atomic mass is 35.5. The molecule has 0 radical (unpaired) electrons. The first-order valence-corrected chi connectivity index (χ1v) is 6.80. The summed E-state index contributed by atoms with van der Waals surface area (Å²) in [6, 6.07) is 13.8. The molecule has 0 N–H and O–H groups in total. The Morgan fingerprint density at radius 3 is 2.25 bits per heavy atom. The lowest BCUT2D eigenvalue weighted by Crippen LogP contribution is -2.02. The van der Waals surface area contributed by atoms with Crippen molar-refractivity contribution in [3.8, 4) is 5.75 Å². The number of hydrogen-bond acceptors (Lipinski definition) is 1. The average molecular weight is 317 g/mol. The number of rotatable bonds is 5. The van der Waals surface area contributed by atoms with Gasteiger partial charge in [-0.15, -0.1) is 11.6 Å². The molecule has 20 heavy (non-hydrogen) atoms. The van der Waals surface area contributed by atoms with E-state index in [9.17, 15) is 8.78 Å². The van der Waals surface area contributed by atoms with Gasteiger partial charge in [0.25, 0.3) is 0 Å². The van der Waals surface area contributed by atoms with Crippen LogP contribution in [0.25, 0.3) is 0 Å². The third-order valence-corrected chi connectivity index (χ3v) is 3.60. The second kappa shape index (κ2) is 6.91. The van der Waals surface area contributed by atoms with E-state index in [1.54, 1.807) is 18.2 Å². The Hall–Kier alpha value is -1.32. The first-order valence-electron chi connectivity index (χ1n) is 5.98. The zero-order valence-corrected chi connectivity index (χ0v) is 11.9. The molecule has 0 saturated carbocycles. The van der Waals surface area contributed by atoms with Gasteiger partial charge in [-0.1, -0.05) is 41.9 Å². The molecular weight excluding hydrogens is 305 g/mol. The van der Waals surface area contributed by atoms with Crippen molar-refractivity contribution in [3.05, 3.63) is 64.7 Å². The molecule has 0 amide bonds. The van der Waals surface area contributed by atoms with Gasteiger partial charge in [0.15, 0.2) is 0 Å². The maximum Gasteiger partial charge on any atom is 0.387 e. The zero-order chi connectivity index (χ0) is 14.5. The van der Waals surface area contributed by atoms with Crippen LogP contribution in [0, 0.1) is 0 Å². The van der Waals surface area contributed by atoms with Crippen molar-refractivity contribution in [2.45, 2.75) is 18.4 Å². The Morgan fingerprint density at radius 1 is 1.00 bits per heavy atom. The Bertz CT molecular complexity index is 558. The van der Waals surface area contributed by atoms with Crippen LogP contribution in [0.3, 0.4) is 0 Å². The van der Waals surface area contributed by atoms with Gasteiger partial charge in [-0.3, -0.25) is 0 Å². The Balaban J connectivity index is 2.06. The van der Waals surface area contributed by atoms with Crippen molar-refractivity contribution < 1.29 is 13.5 Å². The van der Waals surface area contributed by atoms with E-state index in [4.69, 9.17) is 23.2 Å². The molecule has 0 aromatic heterocycles. The molecule has 1 unspecified atom stereocenters. The van der Waals surface area contributed by atoms with Crippen molar-refractivity contribution in [2.24, 2.45) is 0 Å². The van der Waals surface area contributed by atoms with Gasteiger partial charge in [0.05, 0.1) is 5.38 Å². The van der Waals surface area contributed by atoms with Crippen molar-refractivity contribution in [1.82, 2.24) is 0 Å². The second-order valence-corrected chi connectivity index (χ2v) is 5.14. The summed E-state index contributed by atoms with van der Waals surface area (Å²) in [6.07, 6.45) is 0.566. The smallest absolute Gasteiger partial charge is 0.387 e. The summed E-state index contributed by atoms with van der Waals surface area (Å²) in [5, 5.41) is 0.381. The summed E-state index contributed by atoms with van der Waals surface area (Å²) in [7, 11) is 0. The highest BCUT2D eigenvalue weighted by molar-refractivity contribution is 6.31. The predicted octanol–water partition coefficient (Wildman–Crippen LogP) is 5.46. The Labute approximate surface area is 126 Å². The quantitative estimate of drug-likeness (QED) is 0.665. The van der Waals surface area contributed by atoms with Crippen LogP contribution in [-0.4, -0.2) is 6.61 Å². The van der Waals surface area contributed by atoms with Gasteiger partial charge in [0.2, 0.25) is 0 Å². The average Bonchev–Trinajstić information content (AvgIpc) is 2.41. The van der Waals surface area contributed by atoms with E-state index >= 15 is 0 Å². The molecule has 0 saturated heterocycles. The molecule has 0 spiro atoms. The van der Waals surface area contributed by atoms with E-state index in [0.29, 0.717) is 11.4 Å². The van der Waals surface area contributed by atoms with Crippen LogP contribution in [0.4, 0.5) is 8.78 Å². The summed E-state index contributed by atoms with van der Waals surface area (Å²) in [5.41, 5.74) is 1.77. The fraction of sp³-hybridized carbons (Fsp3) is 0.200. The van der Waals surface area contributed by atoms with Crippen molar-refractivity contribution in [1.29, 1.82) is 0 Å². The van der Waals surface area contributed by atoms with Gasteiger partial charge in [-0.2, -0.15) is 8.78 Å². The maximum absolute atomic E-state index is 12.0. The van der Waals surface area contributed by atoms with Crippen molar-refractivity contribution in [2.75, 3.05) is 0 Å². The molecule has 106 valence electrons. The molecule has 0 bridgehead atoms. The minimum Gasteiger partial charge on any atom is -0.435 e. The monoisotopic (exact) mass is 316 g/mol. The van der Waals surface area contributed by atoms with E-state index in [1.165, 1.54) is 12.1 Å². The molecule has 0 fully saturated rings. The molecule has 2 aromatic rings. The van der Waals surface area contributed by atoms with Crippen molar-refractivity contribution >= 4 is 23.2 Å². The van der Waals surface area contributed by atoms with E-state index in [-0.39, 0.29) is 11.1 Å². The Morgan fingerprint density at radius 2 is 1.65 bits per heavy atom. The molecule has 2 aromatic carbocycles. The summed E-state index contributed by atoms with van der Waals surface area (Å²) in [5.74, 6) is 0.116. The van der Waals surface area contributed by atoms with E-state index in [2.05, 4.69) is 4.74 Å². The predicted molar refractivity (Wildman–Crippen MR) is 76.8 cm³/mol. The van der Waals surface area contributed by atoms with E-state index in [0.717, 1.165) is 11.1 Å². The molecule has 5 heteroatoms. The first-order chi connectivity index (χ1) is 9.56. The van der Waals surface area contributed by atoms with Gasteiger partial charge in [0.1, 0.15) is 5.75 Å². The van der Waals surface area contributed by atoms with Gasteiger partial charge in [-0.05, 0) is 35.7 Å². The van der Waals surface area contributed by atoms with Crippen molar-refractivity contribution in [3.63, 3.8) is 0 Å². The number of halogens is 4. The number of benzene rings is 2. The molecule has 1 nitrogen and oxygen atoms in total. The summed E-state index contributed by atoms with van der Waals surface area (Å²) in [6.45, 7) is -2.82. The lowest BCUT2D eigenvalue weighted by molar-refractivity contribution is -0.0498. The van der Waals surface area contributed by atoms with Gasteiger partial charge < -0.3 is 4.74 Å². The normalized spacial score (nSPS) is 12.4. The second-order valence-electron chi connectivity index (χ2n) is 4.21. The molecule has 0 heterocycles. The van der Waals surface area contributed by atoms with Crippen LogP contribution in [0.1, 0.15) is 16.5 Å². The van der Waals surface area contributed by atoms with Crippen LogP contribution >= 0.6 is 23.2 Å². The number of ether oxygens (including phenoxy) is 1. The molecule has 0 aliphatic carbocycles. The number of hydrogen-bond donors (Lipinski definition) is 0. The highest BCUT2D eigenvalue weighted by Gasteiger charge is 2.12. The third-order valence-electron chi connectivity index (χ3n) is 2.82. The first kappa shape index (κ1) is 15.1. The zero-order valence-electron chi connectivity index (χ0n) is 10.4. The largest absolute Gasteiger partial charge is 0.435 e. The summed E-state index contributed by atoms with van der Waals surface area (Å²) in [4.78, 5) is 0. The topological polar surface area (TPSA) is 9.23 Å². The van der Waals surface area contributed by atoms with Crippen LogP contribution in [0.15, 0.2) is 48.5 Å². The lowest BCUT2D eigenvalue weighted by Gasteiger charge is -2.12. The van der Waals surface area contributed by atoms with Crippen LogP contribution < -0.4 is 4.74 Å². The standard InChI is InChI=1S/C15H12Cl2F2O/c16-13-4-2-1-3-11(13)9-14(17)10-5-7-12(8-6-10)20-15(18)19/h1-8,14-15H,9H2. The molecule has 0 aliphatic heterocycles. The fourth-order valence-corrected chi connectivity index (χ4v) is 2.36. The summed E-state index contributed by atoms with van der Waals surface area (Å²) < 4.78 is 28.4. The molecule has 1 atom stereocenters. The van der Waals surface area contributed by atoms with E-state index < -0.39 is 6.61 Å². The van der Waals surface area contributed by atoms with E-state index in [1.807, 2.05) is 18.2 Å². The highest BCUT2D eigenvalue weighted by Crippen LogP contribution is 2.29. The minimum absolute atomic E-state index is 0.116. The van der Waals surface area contributed by atoms with Gasteiger partial charge in [-0.25, -0.2) is 0 Å². The SMILES string of the molecule is FC(F)Oc1ccc(C(Cl)Cc2ccccc2Cl)cc1. The number of alkyl halides is 3. The maximum atomic E-state index is 12.0. The van der Waals surface area contributed by atoms with Gasteiger partial charge >= 0.3 is 6.61 Å². The fourth-order valence-electron chi connectivity index (χ4n) is 1.83. The minimum atomic E-state index is -2.82. The molecule has 0 aliphatic rings.